The van der Waals surface area contributed by atoms with Crippen LogP contribution in [-0.2, 0) is 14.3 Å². The molecule has 2 heterocycles. The molecule has 9 nitrogen and oxygen atoms in total. The van der Waals surface area contributed by atoms with Crippen LogP contribution in [0.1, 0.15) is 25.5 Å². The summed E-state index contributed by atoms with van der Waals surface area (Å²) in [5.41, 5.74) is 2.69. The van der Waals surface area contributed by atoms with E-state index in [1.807, 2.05) is 49.4 Å². The molecule has 0 amide bonds. The number of carbonyl (C=O) groups is 1. The van der Waals surface area contributed by atoms with Gasteiger partial charge in [0.05, 0.1) is 36.0 Å². The maximum absolute atomic E-state index is 13.0. The van der Waals surface area contributed by atoms with E-state index in [2.05, 4.69) is 21.9 Å². The Morgan fingerprint density at radius 3 is 2.33 bits per heavy atom. The van der Waals surface area contributed by atoms with Crippen LogP contribution in [-0.4, -0.2) is 68.5 Å². The Bertz CT molecular complexity index is 1240. The van der Waals surface area contributed by atoms with Gasteiger partial charge in [0.25, 0.3) is 0 Å². The number of hydrogen-bond acceptors (Lipinski definition) is 9. The number of piperazine rings is 1. The summed E-state index contributed by atoms with van der Waals surface area (Å²) in [5, 5.41) is 9.97. The van der Waals surface area contributed by atoms with E-state index in [1.54, 1.807) is 6.92 Å². The Labute approximate surface area is 211 Å². The SMILES string of the molecule is CCOc1ccccc1N1CCN(c2nc3ccccc3nc2[C@H](C#N)C(=O)O[C@@H](C)COC)CC1. The Morgan fingerprint density at radius 2 is 1.67 bits per heavy atom. The van der Waals surface area contributed by atoms with E-state index in [1.165, 1.54) is 7.11 Å². The third kappa shape index (κ3) is 5.50. The summed E-state index contributed by atoms with van der Waals surface area (Å²) in [4.78, 5) is 26.9. The minimum Gasteiger partial charge on any atom is -0.492 e. The summed E-state index contributed by atoms with van der Waals surface area (Å²) in [6.45, 7) is 7.28. The molecule has 188 valence electrons. The van der Waals surface area contributed by atoms with Gasteiger partial charge in [0.2, 0.25) is 0 Å². The van der Waals surface area contributed by atoms with Crippen molar-refractivity contribution in [2.24, 2.45) is 0 Å². The number of para-hydroxylation sites is 4. The molecule has 1 saturated heterocycles. The lowest BCUT2D eigenvalue weighted by atomic mass is 10.1. The first kappa shape index (κ1) is 25.2. The highest BCUT2D eigenvalue weighted by Crippen LogP contribution is 2.32. The number of ether oxygens (including phenoxy) is 3. The van der Waals surface area contributed by atoms with E-state index < -0.39 is 18.0 Å². The van der Waals surface area contributed by atoms with Gasteiger partial charge in [-0.2, -0.15) is 5.26 Å². The molecule has 0 saturated carbocycles. The number of nitrogens with zero attached hydrogens (tertiary/aromatic N) is 5. The number of anilines is 2. The number of rotatable bonds is 9. The van der Waals surface area contributed by atoms with Crippen molar-refractivity contribution in [3.63, 3.8) is 0 Å². The van der Waals surface area contributed by atoms with Gasteiger partial charge in [-0.05, 0) is 38.1 Å². The van der Waals surface area contributed by atoms with Crippen LogP contribution in [0.5, 0.6) is 5.75 Å². The summed E-state index contributed by atoms with van der Waals surface area (Å²) >= 11 is 0. The Morgan fingerprint density at radius 1 is 1.03 bits per heavy atom. The van der Waals surface area contributed by atoms with Crippen LogP contribution in [0.15, 0.2) is 48.5 Å². The van der Waals surface area contributed by atoms with Crippen LogP contribution in [0, 0.1) is 11.3 Å². The first-order chi connectivity index (χ1) is 17.5. The normalized spacial score (nSPS) is 15.3. The lowest BCUT2D eigenvalue weighted by Gasteiger charge is -2.38. The molecule has 2 aromatic carbocycles. The number of hydrogen-bond donors (Lipinski definition) is 0. The van der Waals surface area contributed by atoms with Crippen molar-refractivity contribution < 1.29 is 19.0 Å². The van der Waals surface area contributed by atoms with Crippen molar-refractivity contribution in [1.82, 2.24) is 9.97 Å². The molecule has 0 unspecified atom stereocenters. The Kier molecular flexibility index (Phi) is 8.18. The lowest BCUT2D eigenvalue weighted by molar-refractivity contribution is -0.150. The van der Waals surface area contributed by atoms with E-state index in [-0.39, 0.29) is 6.61 Å². The zero-order valence-electron chi connectivity index (χ0n) is 20.9. The molecule has 0 aliphatic carbocycles. The lowest BCUT2D eigenvalue weighted by Crippen LogP contribution is -2.47. The monoisotopic (exact) mass is 489 g/mol. The predicted octanol–water partition coefficient (Wildman–Crippen LogP) is 3.54. The van der Waals surface area contributed by atoms with E-state index in [4.69, 9.17) is 24.2 Å². The number of nitriles is 1. The fourth-order valence-electron chi connectivity index (χ4n) is 4.35. The second-order valence-corrected chi connectivity index (χ2v) is 8.56. The summed E-state index contributed by atoms with van der Waals surface area (Å²) < 4.78 is 16.3. The smallest absolute Gasteiger partial charge is 0.330 e. The molecule has 0 bridgehead atoms. The number of carbonyl (C=O) groups excluding carboxylic acids is 1. The zero-order chi connectivity index (χ0) is 25.5. The summed E-state index contributed by atoms with van der Waals surface area (Å²) in [6, 6.07) is 17.6. The van der Waals surface area contributed by atoms with Gasteiger partial charge in [0.15, 0.2) is 11.7 Å². The molecule has 0 N–H and O–H groups in total. The minimum atomic E-state index is -1.20. The molecule has 3 aromatic rings. The van der Waals surface area contributed by atoms with E-state index in [0.717, 1.165) is 24.5 Å². The second-order valence-electron chi connectivity index (χ2n) is 8.56. The molecule has 1 aromatic heterocycles. The third-order valence-corrected chi connectivity index (χ3v) is 6.02. The third-order valence-electron chi connectivity index (χ3n) is 6.02. The minimum absolute atomic E-state index is 0.241. The van der Waals surface area contributed by atoms with Gasteiger partial charge in [-0.25, -0.2) is 9.97 Å². The quantitative estimate of drug-likeness (QED) is 0.418. The van der Waals surface area contributed by atoms with Gasteiger partial charge in [-0.1, -0.05) is 24.3 Å². The topological polar surface area (TPSA) is 101 Å². The first-order valence-corrected chi connectivity index (χ1v) is 12.1. The van der Waals surface area contributed by atoms with Crippen LogP contribution < -0.4 is 14.5 Å². The van der Waals surface area contributed by atoms with Gasteiger partial charge in [0.1, 0.15) is 17.5 Å². The number of methoxy groups -OCH3 is 1. The highest BCUT2D eigenvalue weighted by Gasteiger charge is 2.32. The van der Waals surface area contributed by atoms with Crippen LogP contribution in [0.2, 0.25) is 0 Å². The number of aromatic nitrogens is 2. The van der Waals surface area contributed by atoms with Crippen molar-refractivity contribution >= 4 is 28.5 Å². The molecule has 1 aliphatic heterocycles. The van der Waals surface area contributed by atoms with Crippen LogP contribution in [0.3, 0.4) is 0 Å². The zero-order valence-corrected chi connectivity index (χ0v) is 20.9. The molecule has 36 heavy (non-hydrogen) atoms. The van der Waals surface area contributed by atoms with Gasteiger partial charge in [0, 0.05) is 33.3 Å². The Hall–Kier alpha value is -3.90. The predicted molar refractivity (Wildman–Crippen MR) is 137 cm³/mol. The van der Waals surface area contributed by atoms with Crippen LogP contribution in [0.4, 0.5) is 11.5 Å². The number of benzene rings is 2. The van der Waals surface area contributed by atoms with Gasteiger partial charge >= 0.3 is 5.97 Å². The molecule has 0 spiro atoms. The van der Waals surface area contributed by atoms with Crippen LogP contribution in [0.25, 0.3) is 11.0 Å². The van der Waals surface area contributed by atoms with Crippen molar-refractivity contribution in [3.05, 3.63) is 54.2 Å². The maximum atomic E-state index is 13.0. The molecular weight excluding hydrogens is 458 g/mol. The molecule has 2 atom stereocenters. The molecule has 9 heteroatoms. The van der Waals surface area contributed by atoms with Crippen molar-refractivity contribution in [2.75, 3.05) is 56.3 Å². The first-order valence-electron chi connectivity index (χ1n) is 12.1. The fourth-order valence-corrected chi connectivity index (χ4v) is 4.35. The molecule has 1 aliphatic rings. The van der Waals surface area contributed by atoms with Crippen molar-refractivity contribution in [3.8, 4) is 11.8 Å². The average molecular weight is 490 g/mol. The van der Waals surface area contributed by atoms with Gasteiger partial charge < -0.3 is 24.0 Å². The standard InChI is InChI=1S/C27H31N5O4/c1-4-35-24-12-8-7-11-23(24)31-13-15-32(16-14-31)26-25(29-21-9-5-6-10-22(21)30-26)20(17-28)27(33)36-19(2)18-34-3/h5-12,19-20H,4,13-16,18H2,1-3H3/t19-,20-/m0/s1. The average Bonchev–Trinajstić information content (AvgIpc) is 2.89. The highest BCUT2D eigenvalue weighted by molar-refractivity contribution is 5.85. The van der Waals surface area contributed by atoms with Gasteiger partial charge in [-0.15, -0.1) is 0 Å². The molecule has 1 fully saturated rings. The van der Waals surface area contributed by atoms with Crippen molar-refractivity contribution in [1.29, 1.82) is 5.26 Å². The van der Waals surface area contributed by atoms with Crippen molar-refractivity contribution in [2.45, 2.75) is 25.9 Å². The largest absolute Gasteiger partial charge is 0.492 e. The molecular formula is C27H31N5O4. The molecule has 0 radical (unpaired) electrons. The Balaban J connectivity index is 1.62. The highest BCUT2D eigenvalue weighted by atomic mass is 16.6. The summed E-state index contributed by atoms with van der Waals surface area (Å²) in [6.07, 6.45) is -0.482. The summed E-state index contributed by atoms with van der Waals surface area (Å²) in [7, 11) is 1.53. The number of fused-ring (bicyclic) bond motifs is 1. The second kappa shape index (κ2) is 11.7. The van der Waals surface area contributed by atoms with E-state index in [0.29, 0.717) is 42.2 Å². The fraction of sp³-hybridized carbons (Fsp3) is 0.407. The maximum Gasteiger partial charge on any atom is 0.330 e. The molecule has 4 rings (SSSR count). The van der Waals surface area contributed by atoms with Crippen LogP contribution >= 0.6 is 0 Å². The number of esters is 1. The van der Waals surface area contributed by atoms with E-state index in [9.17, 15) is 10.1 Å². The van der Waals surface area contributed by atoms with Gasteiger partial charge in [-0.3, -0.25) is 4.79 Å². The summed E-state index contributed by atoms with van der Waals surface area (Å²) in [5.74, 6) is -0.461. The van der Waals surface area contributed by atoms with E-state index >= 15 is 0 Å².